The van der Waals surface area contributed by atoms with Crippen LogP contribution in [-0.4, -0.2) is 41.7 Å². The monoisotopic (exact) mass is 277 g/mol. The van der Waals surface area contributed by atoms with Crippen molar-refractivity contribution in [2.75, 3.05) is 30.3 Å². The van der Waals surface area contributed by atoms with Gasteiger partial charge in [0, 0.05) is 49.0 Å². The van der Waals surface area contributed by atoms with Gasteiger partial charge in [0.25, 0.3) is 0 Å². The molecule has 0 aromatic carbocycles. The van der Waals surface area contributed by atoms with Gasteiger partial charge in [-0.2, -0.15) is 11.8 Å². The van der Waals surface area contributed by atoms with Gasteiger partial charge in [0.15, 0.2) is 0 Å². The third-order valence-electron chi connectivity index (χ3n) is 4.18. The van der Waals surface area contributed by atoms with E-state index in [0.717, 1.165) is 11.3 Å². The summed E-state index contributed by atoms with van der Waals surface area (Å²) < 4.78 is 0. The number of nitrogens with one attached hydrogen (secondary N) is 1. The van der Waals surface area contributed by atoms with Crippen molar-refractivity contribution in [3.63, 3.8) is 0 Å². The molecule has 1 unspecified atom stereocenters. The van der Waals surface area contributed by atoms with Crippen LogP contribution in [0.2, 0.25) is 0 Å². The van der Waals surface area contributed by atoms with Crippen molar-refractivity contribution in [2.45, 2.75) is 37.0 Å². The maximum Gasteiger partial charge on any atom is 0.0397 e. The standard InChI is InChI=1S/C15H23N3S/c1-2-15(19-11-1)12-17-13-5-9-18(10-6-13)14-3-7-16-8-4-14/h3-4,7-8,13,15,17H,1-2,5-6,9-12H2. The van der Waals surface area contributed by atoms with Gasteiger partial charge in [-0.05, 0) is 43.6 Å². The SMILES string of the molecule is c1cc(N2CCC(NCC3CCCS3)CC2)ccn1. The fraction of sp³-hybridized carbons (Fsp3) is 0.667. The van der Waals surface area contributed by atoms with Gasteiger partial charge in [-0.25, -0.2) is 0 Å². The van der Waals surface area contributed by atoms with Gasteiger partial charge in [-0.1, -0.05) is 0 Å². The Labute approximate surface area is 120 Å². The summed E-state index contributed by atoms with van der Waals surface area (Å²) in [4.78, 5) is 6.56. The van der Waals surface area contributed by atoms with Crippen LogP contribution in [0.3, 0.4) is 0 Å². The second-order valence-electron chi connectivity index (χ2n) is 5.51. The Bertz CT molecular complexity index is 370. The van der Waals surface area contributed by atoms with E-state index in [4.69, 9.17) is 0 Å². The van der Waals surface area contributed by atoms with Gasteiger partial charge in [-0.15, -0.1) is 0 Å². The van der Waals surface area contributed by atoms with Crippen molar-refractivity contribution >= 4 is 17.4 Å². The van der Waals surface area contributed by atoms with Crippen molar-refractivity contribution in [3.05, 3.63) is 24.5 Å². The van der Waals surface area contributed by atoms with Crippen LogP contribution in [0.15, 0.2) is 24.5 Å². The minimum atomic E-state index is 0.722. The highest BCUT2D eigenvalue weighted by Crippen LogP contribution is 2.26. The van der Waals surface area contributed by atoms with E-state index in [1.165, 1.54) is 56.8 Å². The highest BCUT2D eigenvalue weighted by atomic mass is 32.2. The summed E-state index contributed by atoms with van der Waals surface area (Å²) in [6.07, 6.45) is 9.12. The summed E-state index contributed by atoms with van der Waals surface area (Å²) in [5, 5.41) is 4.65. The third kappa shape index (κ3) is 3.63. The second kappa shape index (κ2) is 6.62. The third-order valence-corrected chi connectivity index (χ3v) is 5.58. The molecule has 0 radical (unpaired) electrons. The molecule has 2 aliphatic rings. The first-order chi connectivity index (χ1) is 9.42. The average molecular weight is 277 g/mol. The Morgan fingerprint density at radius 2 is 2.00 bits per heavy atom. The number of hydrogen-bond acceptors (Lipinski definition) is 4. The van der Waals surface area contributed by atoms with Gasteiger partial charge in [0.1, 0.15) is 0 Å². The smallest absolute Gasteiger partial charge is 0.0397 e. The molecule has 3 rings (SSSR count). The van der Waals surface area contributed by atoms with Crippen LogP contribution in [0.5, 0.6) is 0 Å². The summed E-state index contributed by atoms with van der Waals surface area (Å²) in [5.74, 6) is 1.37. The highest BCUT2D eigenvalue weighted by Gasteiger charge is 2.21. The van der Waals surface area contributed by atoms with Crippen LogP contribution < -0.4 is 10.2 Å². The van der Waals surface area contributed by atoms with E-state index < -0.39 is 0 Å². The molecule has 0 aliphatic carbocycles. The summed E-state index contributed by atoms with van der Waals surface area (Å²) in [6.45, 7) is 3.55. The van der Waals surface area contributed by atoms with Gasteiger partial charge in [0.05, 0.1) is 0 Å². The molecule has 0 bridgehead atoms. The lowest BCUT2D eigenvalue weighted by Gasteiger charge is -2.34. The Morgan fingerprint density at radius 1 is 1.21 bits per heavy atom. The van der Waals surface area contributed by atoms with E-state index in [1.807, 2.05) is 12.4 Å². The Balaban J connectivity index is 1.42. The summed E-state index contributed by atoms with van der Waals surface area (Å²) in [6, 6.07) is 4.95. The van der Waals surface area contributed by atoms with Crippen molar-refractivity contribution in [3.8, 4) is 0 Å². The van der Waals surface area contributed by atoms with Crippen molar-refractivity contribution in [2.24, 2.45) is 0 Å². The number of thioether (sulfide) groups is 1. The number of anilines is 1. The first-order valence-corrected chi connectivity index (χ1v) is 8.46. The zero-order valence-corrected chi connectivity index (χ0v) is 12.2. The molecule has 2 fully saturated rings. The van der Waals surface area contributed by atoms with Gasteiger partial charge in [0.2, 0.25) is 0 Å². The van der Waals surface area contributed by atoms with Crippen LogP contribution in [0.1, 0.15) is 25.7 Å². The lowest BCUT2D eigenvalue weighted by atomic mass is 10.0. The lowest BCUT2D eigenvalue weighted by molar-refractivity contribution is 0.414. The molecular formula is C15H23N3S. The number of piperidine rings is 1. The number of pyridine rings is 1. The summed E-state index contributed by atoms with van der Waals surface area (Å²) in [7, 11) is 0. The van der Waals surface area contributed by atoms with Crippen LogP contribution in [0.25, 0.3) is 0 Å². The molecule has 1 N–H and O–H groups in total. The minimum absolute atomic E-state index is 0.722. The molecule has 2 aliphatic heterocycles. The zero-order valence-electron chi connectivity index (χ0n) is 11.4. The molecule has 0 saturated carbocycles. The van der Waals surface area contributed by atoms with Crippen LogP contribution >= 0.6 is 11.8 Å². The van der Waals surface area contributed by atoms with E-state index in [1.54, 1.807) is 0 Å². The maximum atomic E-state index is 4.09. The number of hydrogen-bond donors (Lipinski definition) is 1. The largest absolute Gasteiger partial charge is 0.371 e. The van der Waals surface area contributed by atoms with E-state index in [-0.39, 0.29) is 0 Å². The van der Waals surface area contributed by atoms with Gasteiger partial charge in [-0.3, -0.25) is 4.98 Å². The number of nitrogens with zero attached hydrogens (tertiary/aromatic N) is 2. The van der Waals surface area contributed by atoms with Crippen molar-refractivity contribution < 1.29 is 0 Å². The van der Waals surface area contributed by atoms with E-state index in [2.05, 4.69) is 39.1 Å². The number of rotatable bonds is 4. The second-order valence-corrected chi connectivity index (χ2v) is 6.92. The molecule has 0 spiro atoms. The Kier molecular flexibility index (Phi) is 4.62. The molecule has 3 nitrogen and oxygen atoms in total. The first-order valence-electron chi connectivity index (χ1n) is 7.42. The molecule has 104 valence electrons. The van der Waals surface area contributed by atoms with Crippen LogP contribution in [0, 0.1) is 0 Å². The Hall–Kier alpha value is -0.740. The molecule has 1 aromatic heterocycles. The molecule has 3 heterocycles. The minimum Gasteiger partial charge on any atom is -0.371 e. The van der Waals surface area contributed by atoms with Crippen LogP contribution in [-0.2, 0) is 0 Å². The fourth-order valence-corrected chi connectivity index (χ4v) is 4.21. The maximum absolute atomic E-state index is 4.09. The molecule has 0 amide bonds. The van der Waals surface area contributed by atoms with Gasteiger partial charge < -0.3 is 10.2 Å². The molecular weight excluding hydrogens is 254 g/mol. The average Bonchev–Trinajstić information content (AvgIpc) is 3.00. The Morgan fingerprint density at radius 3 is 2.68 bits per heavy atom. The topological polar surface area (TPSA) is 28.2 Å². The molecule has 1 atom stereocenters. The first kappa shape index (κ1) is 13.3. The van der Waals surface area contributed by atoms with Crippen molar-refractivity contribution in [1.82, 2.24) is 10.3 Å². The molecule has 1 aromatic rings. The van der Waals surface area contributed by atoms with E-state index in [0.29, 0.717) is 0 Å². The normalized spacial score (nSPS) is 24.8. The summed E-state index contributed by atoms with van der Waals surface area (Å²) >= 11 is 2.15. The predicted octanol–water partition coefficient (Wildman–Crippen LogP) is 2.54. The summed E-state index contributed by atoms with van der Waals surface area (Å²) in [5.41, 5.74) is 1.32. The highest BCUT2D eigenvalue weighted by molar-refractivity contribution is 8.00. The van der Waals surface area contributed by atoms with Crippen LogP contribution in [0.4, 0.5) is 5.69 Å². The van der Waals surface area contributed by atoms with Gasteiger partial charge >= 0.3 is 0 Å². The quantitative estimate of drug-likeness (QED) is 0.915. The molecule has 19 heavy (non-hydrogen) atoms. The zero-order chi connectivity index (χ0) is 12.9. The molecule has 4 heteroatoms. The lowest BCUT2D eigenvalue weighted by Crippen LogP contribution is -2.44. The molecule has 2 saturated heterocycles. The number of aromatic nitrogens is 1. The fourth-order valence-electron chi connectivity index (χ4n) is 3.00. The predicted molar refractivity (Wildman–Crippen MR) is 83.0 cm³/mol. The van der Waals surface area contributed by atoms with E-state index in [9.17, 15) is 0 Å². The van der Waals surface area contributed by atoms with E-state index >= 15 is 0 Å². The van der Waals surface area contributed by atoms with Crippen molar-refractivity contribution in [1.29, 1.82) is 0 Å².